The third kappa shape index (κ3) is 1.61. The van der Waals surface area contributed by atoms with E-state index in [0.717, 1.165) is 5.56 Å². The first-order valence-electron chi connectivity index (χ1n) is 4.00. The fourth-order valence-corrected chi connectivity index (χ4v) is 1.08. The normalized spacial score (nSPS) is 10.0. The average molecular weight is 189 g/mol. The van der Waals surface area contributed by atoms with Crippen molar-refractivity contribution in [3.8, 4) is 11.3 Å². The van der Waals surface area contributed by atoms with Crippen LogP contribution in [0.15, 0.2) is 40.1 Å². The minimum Gasteiger partial charge on any atom is -0.328 e. The second-order valence-electron chi connectivity index (χ2n) is 2.75. The van der Waals surface area contributed by atoms with Crippen LogP contribution in [0.5, 0.6) is 0 Å². The van der Waals surface area contributed by atoms with Crippen molar-refractivity contribution in [3.05, 3.63) is 51.2 Å². The van der Waals surface area contributed by atoms with Gasteiger partial charge < -0.3 is 4.98 Å². The van der Waals surface area contributed by atoms with Gasteiger partial charge >= 0.3 is 0 Å². The van der Waals surface area contributed by atoms with Gasteiger partial charge in [-0.05, 0) is 12.1 Å². The van der Waals surface area contributed by atoms with Crippen molar-refractivity contribution < 1.29 is 0 Å². The molecule has 0 bridgehead atoms. The molecule has 2 rings (SSSR count). The maximum absolute atomic E-state index is 10.8. The molecule has 70 valence electrons. The lowest BCUT2D eigenvalue weighted by molar-refractivity contribution is 0.993. The summed E-state index contributed by atoms with van der Waals surface area (Å²) in [6.45, 7) is 0. The first-order chi connectivity index (χ1) is 6.75. The first kappa shape index (κ1) is 8.43. The Balaban J connectivity index is 2.49. The van der Waals surface area contributed by atoms with E-state index in [-0.39, 0.29) is 11.1 Å². The highest BCUT2D eigenvalue weighted by atomic mass is 16.1. The van der Waals surface area contributed by atoms with Crippen LogP contribution >= 0.6 is 0 Å². The zero-order valence-electron chi connectivity index (χ0n) is 7.15. The SMILES string of the molecule is O=c1ccc(-c2ccc(=O)[nH]n2)c[nH]1. The smallest absolute Gasteiger partial charge is 0.264 e. The van der Waals surface area contributed by atoms with E-state index >= 15 is 0 Å². The molecule has 0 aliphatic heterocycles. The van der Waals surface area contributed by atoms with Gasteiger partial charge in [-0.15, -0.1) is 0 Å². The highest BCUT2D eigenvalue weighted by Crippen LogP contribution is 2.10. The number of aromatic nitrogens is 3. The summed E-state index contributed by atoms with van der Waals surface area (Å²) < 4.78 is 0. The molecule has 0 amide bonds. The van der Waals surface area contributed by atoms with E-state index in [4.69, 9.17) is 0 Å². The third-order valence-electron chi connectivity index (χ3n) is 1.76. The van der Waals surface area contributed by atoms with Crippen LogP contribution in [-0.4, -0.2) is 15.2 Å². The topological polar surface area (TPSA) is 78.6 Å². The van der Waals surface area contributed by atoms with E-state index in [0.29, 0.717) is 5.69 Å². The summed E-state index contributed by atoms with van der Waals surface area (Å²) in [6.07, 6.45) is 1.54. The predicted molar refractivity (Wildman–Crippen MR) is 50.9 cm³/mol. The molecule has 2 N–H and O–H groups in total. The van der Waals surface area contributed by atoms with Gasteiger partial charge in [0.25, 0.3) is 5.56 Å². The van der Waals surface area contributed by atoms with Crippen LogP contribution in [0.2, 0.25) is 0 Å². The van der Waals surface area contributed by atoms with Gasteiger partial charge in [-0.25, -0.2) is 5.10 Å². The highest BCUT2D eigenvalue weighted by Gasteiger charge is 1.97. The molecule has 0 spiro atoms. The zero-order valence-corrected chi connectivity index (χ0v) is 7.15. The summed E-state index contributed by atoms with van der Waals surface area (Å²) in [4.78, 5) is 24.0. The van der Waals surface area contributed by atoms with Crippen molar-refractivity contribution in [3.63, 3.8) is 0 Å². The minimum absolute atomic E-state index is 0.168. The number of nitrogens with one attached hydrogen (secondary N) is 2. The lowest BCUT2D eigenvalue weighted by Gasteiger charge is -1.96. The Morgan fingerprint density at radius 2 is 1.79 bits per heavy atom. The van der Waals surface area contributed by atoms with Gasteiger partial charge in [0.15, 0.2) is 0 Å². The van der Waals surface area contributed by atoms with Crippen LogP contribution in [0.3, 0.4) is 0 Å². The molecule has 0 radical (unpaired) electrons. The molecule has 0 atom stereocenters. The van der Waals surface area contributed by atoms with E-state index in [2.05, 4.69) is 15.2 Å². The number of hydrogen-bond acceptors (Lipinski definition) is 3. The summed E-state index contributed by atoms with van der Waals surface area (Å²) >= 11 is 0. The van der Waals surface area contributed by atoms with Crippen molar-refractivity contribution in [2.24, 2.45) is 0 Å². The molecule has 0 aliphatic carbocycles. The number of rotatable bonds is 1. The Morgan fingerprint density at radius 1 is 1.00 bits per heavy atom. The molecule has 2 aromatic heterocycles. The van der Waals surface area contributed by atoms with E-state index in [1.165, 1.54) is 12.1 Å². The molecule has 0 saturated carbocycles. The average Bonchev–Trinajstić information content (AvgIpc) is 2.21. The van der Waals surface area contributed by atoms with Crippen molar-refractivity contribution in [1.82, 2.24) is 15.2 Å². The van der Waals surface area contributed by atoms with Crippen LogP contribution in [0.4, 0.5) is 0 Å². The first-order valence-corrected chi connectivity index (χ1v) is 4.00. The molecule has 0 fully saturated rings. The van der Waals surface area contributed by atoms with E-state index in [1.807, 2.05) is 0 Å². The quantitative estimate of drug-likeness (QED) is 0.669. The molecule has 0 aliphatic rings. The van der Waals surface area contributed by atoms with Crippen molar-refractivity contribution in [2.75, 3.05) is 0 Å². The van der Waals surface area contributed by atoms with E-state index < -0.39 is 0 Å². The fraction of sp³-hybridized carbons (Fsp3) is 0. The third-order valence-corrected chi connectivity index (χ3v) is 1.76. The van der Waals surface area contributed by atoms with Gasteiger partial charge in [0.05, 0.1) is 5.69 Å². The van der Waals surface area contributed by atoms with Crippen LogP contribution in [0.25, 0.3) is 11.3 Å². The van der Waals surface area contributed by atoms with Crippen molar-refractivity contribution in [1.29, 1.82) is 0 Å². The Morgan fingerprint density at radius 3 is 2.36 bits per heavy atom. The number of aromatic amines is 2. The van der Waals surface area contributed by atoms with Gasteiger partial charge in [-0.3, -0.25) is 9.59 Å². The van der Waals surface area contributed by atoms with Crippen molar-refractivity contribution in [2.45, 2.75) is 0 Å². The van der Waals surface area contributed by atoms with Crippen LogP contribution in [-0.2, 0) is 0 Å². The van der Waals surface area contributed by atoms with Crippen LogP contribution < -0.4 is 11.1 Å². The summed E-state index contributed by atoms with van der Waals surface area (Å²) in [5.41, 5.74) is 0.943. The van der Waals surface area contributed by atoms with Crippen LogP contribution in [0.1, 0.15) is 0 Å². The molecule has 14 heavy (non-hydrogen) atoms. The molecule has 0 aromatic carbocycles. The second-order valence-corrected chi connectivity index (χ2v) is 2.75. The second kappa shape index (κ2) is 3.29. The van der Waals surface area contributed by atoms with Gasteiger partial charge in [-0.2, -0.15) is 5.10 Å². The van der Waals surface area contributed by atoms with Crippen LogP contribution in [0, 0.1) is 0 Å². The largest absolute Gasteiger partial charge is 0.328 e. The van der Waals surface area contributed by atoms with Gasteiger partial charge in [-0.1, -0.05) is 0 Å². The summed E-state index contributed by atoms with van der Waals surface area (Å²) in [5.74, 6) is 0. The lowest BCUT2D eigenvalue weighted by Crippen LogP contribution is -2.06. The number of pyridine rings is 1. The lowest BCUT2D eigenvalue weighted by atomic mass is 10.2. The van der Waals surface area contributed by atoms with Gasteiger partial charge in [0, 0.05) is 23.9 Å². The summed E-state index contributed by atoms with van der Waals surface area (Å²) in [7, 11) is 0. The minimum atomic E-state index is -0.252. The Labute approximate surface area is 78.4 Å². The number of H-pyrrole nitrogens is 2. The summed E-state index contributed by atoms with van der Waals surface area (Å²) in [5, 5.41) is 6.13. The molecule has 5 heteroatoms. The maximum atomic E-state index is 10.8. The van der Waals surface area contributed by atoms with Gasteiger partial charge in [0.1, 0.15) is 0 Å². The fourth-order valence-electron chi connectivity index (χ4n) is 1.08. The standard InChI is InChI=1S/C9H7N3O2/c13-8-3-1-6(5-10-8)7-2-4-9(14)12-11-7/h1-5H,(H,10,13)(H,12,14). The molecule has 2 heterocycles. The highest BCUT2D eigenvalue weighted by molar-refractivity contribution is 5.56. The maximum Gasteiger partial charge on any atom is 0.264 e. The molecule has 0 saturated heterocycles. The molecule has 0 unspecified atom stereocenters. The molecule has 5 nitrogen and oxygen atoms in total. The zero-order chi connectivity index (χ0) is 9.97. The monoisotopic (exact) mass is 189 g/mol. The molecule has 2 aromatic rings. The Kier molecular flexibility index (Phi) is 1.98. The number of hydrogen-bond donors (Lipinski definition) is 2. The van der Waals surface area contributed by atoms with Crippen molar-refractivity contribution >= 4 is 0 Å². The van der Waals surface area contributed by atoms with E-state index in [1.54, 1.807) is 18.3 Å². The summed E-state index contributed by atoms with van der Waals surface area (Å²) in [6, 6.07) is 6.02. The van der Waals surface area contributed by atoms with E-state index in [9.17, 15) is 9.59 Å². The Hall–Kier alpha value is -2.17. The predicted octanol–water partition coefficient (Wildman–Crippen LogP) is 0.125. The Bertz CT molecular complexity index is 464. The number of nitrogens with zero attached hydrogens (tertiary/aromatic N) is 1. The molecular weight excluding hydrogens is 182 g/mol. The van der Waals surface area contributed by atoms with Gasteiger partial charge in [0.2, 0.25) is 5.56 Å². The molecular formula is C9H7N3O2.